The van der Waals surface area contributed by atoms with Crippen LogP contribution in [0.4, 0.5) is 0 Å². The van der Waals surface area contributed by atoms with E-state index in [2.05, 4.69) is 25.7 Å². The molecule has 1 unspecified atom stereocenters. The van der Waals surface area contributed by atoms with Gasteiger partial charge in [0.05, 0.1) is 0 Å². The Bertz CT molecular complexity index is 319. The molecule has 1 N–H and O–H groups in total. The molecule has 110 valence electrons. The highest BCUT2D eigenvalue weighted by molar-refractivity contribution is 5.73. The molecule has 2 rings (SSSR count). The molecule has 3 heteroatoms. The Kier molecular flexibility index (Phi) is 4.54. The topological polar surface area (TPSA) is 40.5 Å². The van der Waals surface area contributed by atoms with E-state index in [-0.39, 0.29) is 6.04 Å². The number of nitrogens with zero attached hydrogens (tertiary/aromatic N) is 1. The van der Waals surface area contributed by atoms with E-state index in [9.17, 15) is 9.90 Å². The number of carboxylic acids is 1. The molecule has 0 bridgehead atoms. The van der Waals surface area contributed by atoms with Gasteiger partial charge in [0.25, 0.3) is 0 Å². The highest BCUT2D eigenvalue weighted by atomic mass is 16.4. The van der Waals surface area contributed by atoms with Crippen molar-refractivity contribution in [2.75, 3.05) is 6.54 Å². The minimum absolute atomic E-state index is 0.208. The van der Waals surface area contributed by atoms with E-state index < -0.39 is 5.97 Å². The van der Waals surface area contributed by atoms with Crippen LogP contribution in [0.25, 0.3) is 0 Å². The van der Waals surface area contributed by atoms with E-state index in [1.807, 2.05) is 0 Å². The molecule has 0 aromatic carbocycles. The van der Waals surface area contributed by atoms with Gasteiger partial charge in [0.1, 0.15) is 6.04 Å². The Hall–Kier alpha value is -0.570. The number of hydrogen-bond donors (Lipinski definition) is 1. The molecule has 1 aliphatic heterocycles. The summed E-state index contributed by atoms with van der Waals surface area (Å²) in [6.45, 7) is 8.04. The van der Waals surface area contributed by atoms with Gasteiger partial charge in [0.2, 0.25) is 0 Å². The molecule has 1 saturated carbocycles. The van der Waals surface area contributed by atoms with Gasteiger partial charge in [-0.25, -0.2) is 0 Å². The normalized spacial score (nSPS) is 33.5. The maximum absolute atomic E-state index is 11.3. The number of likely N-dealkylation sites (tertiary alicyclic amines) is 1. The average molecular weight is 267 g/mol. The van der Waals surface area contributed by atoms with Gasteiger partial charge in [0, 0.05) is 6.04 Å². The molecule has 19 heavy (non-hydrogen) atoms. The number of carboxylic acid groups (broad SMARTS) is 1. The van der Waals surface area contributed by atoms with Crippen molar-refractivity contribution in [1.29, 1.82) is 0 Å². The summed E-state index contributed by atoms with van der Waals surface area (Å²) in [6, 6.07) is 0.313. The second-order valence-electron chi connectivity index (χ2n) is 7.08. The molecule has 0 aromatic heterocycles. The average Bonchev–Trinajstić information content (AvgIpc) is 2.88. The van der Waals surface area contributed by atoms with Crippen molar-refractivity contribution in [3.63, 3.8) is 0 Å². The van der Waals surface area contributed by atoms with Crippen LogP contribution in [-0.2, 0) is 4.79 Å². The van der Waals surface area contributed by atoms with Crippen molar-refractivity contribution in [3.05, 3.63) is 0 Å². The molecule has 0 radical (unpaired) electrons. The molecule has 1 heterocycles. The summed E-state index contributed by atoms with van der Waals surface area (Å²) in [5.74, 6) is 0.202. The molecule has 3 nitrogen and oxygen atoms in total. The Balaban J connectivity index is 1.91. The quantitative estimate of drug-likeness (QED) is 0.847. The number of aliphatic carboxylic acids is 1. The van der Waals surface area contributed by atoms with E-state index in [0.29, 0.717) is 11.5 Å². The fourth-order valence-electron chi connectivity index (χ4n) is 3.97. The van der Waals surface area contributed by atoms with Crippen molar-refractivity contribution in [3.8, 4) is 0 Å². The molecular formula is C16H29NO2. The molecule has 0 aromatic rings. The summed E-state index contributed by atoms with van der Waals surface area (Å²) in [5, 5.41) is 9.29. The van der Waals surface area contributed by atoms with Crippen molar-refractivity contribution in [2.45, 2.75) is 77.8 Å². The zero-order valence-electron chi connectivity index (χ0n) is 12.7. The monoisotopic (exact) mass is 267 g/mol. The predicted octanol–water partition coefficient (Wildman–Crippen LogP) is 3.53. The smallest absolute Gasteiger partial charge is 0.320 e. The fraction of sp³-hybridized carbons (Fsp3) is 0.938. The number of hydrogen-bond acceptors (Lipinski definition) is 2. The van der Waals surface area contributed by atoms with Gasteiger partial charge < -0.3 is 5.11 Å². The van der Waals surface area contributed by atoms with Crippen LogP contribution < -0.4 is 0 Å². The summed E-state index contributed by atoms with van der Waals surface area (Å²) in [7, 11) is 0. The second-order valence-corrected chi connectivity index (χ2v) is 7.08. The summed E-state index contributed by atoms with van der Waals surface area (Å²) in [5.41, 5.74) is 0.447. The lowest BCUT2D eigenvalue weighted by atomic mass is 9.68. The minimum Gasteiger partial charge on any atom is -0.480 e. The van der Waals surface area contributed by atoms with Gasteiger partial charge in [-0.15, -0.1) is 0 Å². The molecule has 2 aliphatic rings. The summed E-state index contributed by atoms with van der Waals surface area (Å²) < 4.78 is 0. The van der Waals surface area contributed by atoms with Crippen molar-refractivity contribution in [1.82, 2.24) is 4.90 Å². The standard InChI is InChI=1S/C16H29NO2/c1-4-16(2,3)12-7-9-13(10-8-12)17-11-5-6-14(17)15(18)19/h12-14H,4-11H2,1-3H3,(H,18,19). The Labute approximate surface area is 117 Å². The predicted molar refractivity (Wildman–Crippen MR) is 77.2 cm³/mol. The first-order valence-corrected chi connectivity index (χ1v) is 7.94. The van der Waals surface area contributed by atoms with Gasteiger partial charge >= 0.3 is 5.97 Å². The van der Waals surface area contributed by atoms with Crippen LogP contribution >= 0.6 is 0 Å². The van der Waals surface area contributed by atoms with Gasteiger partial charge in [-0.2, -0.15) is 0 Å². The highest BCUT2D eigenvalue weighted by Gasteiger charge is 2.39. The van der Waals surface area contributed by atoms with Gasteiger partial charge in [-0.1, -0.05) is 27.2 Å². The van der Waals surface area contributed by atoms with Crippen LogP contribution in [-0.4, -0.2) is 34.6 Å². The zero-order chi connectivity index (χ0) is 14.0. The highest BCUT2D eigenvalue weighted by Crippen LogP contribution is 2.42. The first kappa shape index (κ1) is 14.8. The Morgan fingerprint density at radius 1 is 1.21 bits per heavy atom. The summed E-state index contributed by atoms with van der Waals surface area (Å²) >= 11 is 0. The Morgan fingerprint density at radius 2 is 1.84 bits per heavy atom. The first-order valence-electron chi connectivity index (χ1n) is 7.94. The molecule has 1 atom stereocenters. The third kappa shape index (κ3) is 3.13. The van der Waals surface area contributed by atoms with Gasteiger partial charge in [-0.05, 0) is 56.4 Å². The molecule has 0 spiro atoms. The van der Waals surface area contributed by atoms with Crippen LogP contribution in [0, 0.1) is 11.3 Å². The molecule has 1 saturated heterocycles. The van der Waals surface area contributed by atoms with Crippen molar-refractivity contribution in [2.24, 2.45) is 11.3 Å². The third-order valence-corrected chi connectivity index (χ3v) is 5.76. The SMILES string of the molecule is CCC(C)(C)C1CCC(N2CCCC2C(=O)O)CC1. The lowest BCUT2D eigenvalue weighted by Crippen LogP contribution is -2.45. The van der Waals surface area contributed by atoms with E-state index >= 15 is 0 Å². The Morgan fingerprint density at radius 3 is 2.37 bits per heavy atom. The van der Waals surface area contributed by atoms with E-state index in [4.69, 9.17) is 0 Å². The van der Waals surface area contributed by atoms with Crippen LogP contribution in [0.3, 0.4) is 0 Å². The lowest BCUT2D eigenvalue weighted by molar-refractivity contribution is -0.143. The van der Waals surface area contributed by atoms with E-state index in [1.54, 1.807) is 0 Å². The first-order chi connectivity index (χ1) is 8.95. The molecular weight excluding hydrogens is 238 g/mol. The van der Waals surface area contributed by atoms with Crippen LogP contribution in [0.1, 0.15) is 65.7 Å². The maximum Gasteiger partial charge on any atom is 0.320 e. The summed E-state index contributed by atoms with van der Waals surface area (Å²) in [4.78, 5) is 13.6. The zero-order valence-corrected chi connectivity index (χ0v) is 12.7. The largest absolute Gasteiger partial charge is 0.480 e. The van der Waals surface area contributed by atoms with Gasteiger partial charge in [0.15, 0.2) is 0 Å². The lowest BCUT2D eigenvalue weighted by Gasteiger charge is -2.42. The number of carbonyl (C=O) groups is 1. The van der Waals surface area contributed by atoms with Crippen LogP contribution in [0.15, 0.2) is 0 Å². The third-order valence-electron chi connectivity index (χ3n) is 5.76. The number of rotatable bonds is 4. The van der Waals surface area contributed by atoms with Gasteiger partial charge in [-0.3, -0.25) is 9.69 Å². The second kappa shape index (κ2) is 5.82. The maximum atomic E-state index is 11.3. The fourth-order valence-corrected chi connectivity index (χ4v) is 3.97. The van der Waals surface area contributed by atoms with E-state index in [0.717, 1.165) is 25.3 Å². The molecule has 0 amide bonds. The molecule has 1 aliphatic carbocycles. The summed E-state index contributed by atoms with van der Waals surface area (Å²) in [6.07, 6.45) is 8.06. The van der Waals surface area contributed by atoms with Crippen LogP contribution in [0.2, 0.25) is 0 Å². The van der Waals surface area contributed by atoms with Crippen LogP contribution in [0.5, 0.6) is 0 Å². The molecule has 2 fully saturated rings. The van der Waals surface area contributed by atoms with E-state index in [1.165, 1.54) is 32.1 Å². The van der Waals surface area contributed by atoms with Crippen molar-refractivity contribution >= 4 is 5.97 Å². The van der Waals surface area contributed by atoms with Crippen molar-refractivity contribution < 1.29 is 9.90 Å². The minimum atomic E-state index is -0.617.